The predicted octanol–water partition coefficient (Wildman–Crippen LogP) is 3.71. The largest absolute Gasteiger partial charge is 0.444 e. The van der Waals surface area contributed by atoms with Crippen LogP contribution in [-0.4, -0.2) is 65.1 Å². The highest BCUT2D eigenvalue weighted by molar-refractivity contribution is 6.47. The fraction of sp³-hybridized carbons (Fsp3) is 0.400. The number of hydrogen-bond donors (Lipinski definition) is 1. The van der Waals surface area contributed by atoms with Gasteiger partial charge in [0.1, 0.15) is 11.3 Å². The molecule has 1 atom stereocenters. The maximum Gasteiger partial charge on any atom is 0.410 e. The Kier molecular flexibility index (Phi) is 6.63. The second-order valence-corrected chi connectivity index (χ2v) is 9.49. The van der Waals surface area contributed by atoms with Gasteiger partial charge in [-0.15, -0.1) is 5.10 Å². The zero-order valence-electron chi connectivity index (χ0n) is 20.0. The van der Waals surface area contributed by atoms with Gasteiger partial charge in [-0.1, -0.05) is 0 Å². The van der Waals surface area contributed by atoms with Gasteiger partial charge in [0.2, 0.25) is 0 Å². The van der Waals surface area contributed by atoms with Gasteiger partial charge >= 0.3 is 6.09 Å². The molecule has 0 spiro atoms. The number of anilines is 2. The number of likely N-dealkylation sites (N-methyl/N-ethyl adjacent to an activating group) is 1. The zero-order chi connectivity index (χ0) is 24.3. The van der Waals surface area contributed by atoms with Crippen molar-refractivity contribution < 1.29 is 14.3 Å². The molecule has 1 saturated heterocycles. The van der Waals surface area contributed by atoms with E-state index in [1.807, 2.05) is 57.2 Å². The van der Waals surface area contributed by atoms with E-state index in [-0.39, 0.29) is 18.0 Å². The third-order valence-corrected chi connectivity index (χ3v) is 5.77. The molecule has 178 valence electrons. The van der Waals surface area contributed by atoms with E-state index in [2.05, 4.69) is 25.4 Å². The summed E-state index contributed by atoms with van der Waals surface area (Å²) >= 11 is 0. The van der Waals surface area contributed by atoms with Gasteiger partial charge in [0.25, 0.3) is 5.91 Å². The second kappa shape index (κ2) is 9.62. The lowest BCUT2D eigenvalue weighted by molar-refractivity contribution is -0.110. The van der Waals surface area contributed by atoms with Crippen LogP contribution in [-0.2, 0) is 9.53 Å². The van der Waals surface area contributed by atoms with E-state index in [0.717, 1.165) is 36.5 Å². The molecule has 0 aliphatic carbocycles. The van der Waals surface area contributed by atoms with Crippen LogP contribution >= 0.6 is 0 Å². The minimum atomic E-state index is -0.513. The summed E-state index contributed by atoms with van der Waals surface area (Å²) in [6.45, 7) is 7.17. The molecule has 1 fully saturated rings. The molecule has 0 radical (unpaired) electrons. The molecule has 1 aromatic carbocycles. The topological polar surface area (TPSA) is 99.5 Å². The van der Waals surface area contributed by atoms with E-state index in [1.54, 1.807) is 24.3 Å². The standard InChI is InChI=1S/C25H30N6O3/c1-25(2,3)34-24(33)30(4)20-11-13-31(16-20)19-9-7-18(8-10-19)27-23(32)22-14-21(28-29-22)17-6-5-12-26-15-17/h5-10,12,15,20H,11,13-14,16H2,1-4H3,(H,27,32). The lowest BCUT2D eigenvalue weighted by Gasteiger charge is -2.28. The van der Waals surface area contributed by atoms with E-state index >= 15 is 0 Å². The number of ether oxygens (including phenoxy) is 1. The molecule has 4 rings (SSSR count). The van der Waals surface area contributed by atoms with Crippen LogP contribution in [0.4, 0.5) is 16.2 Å². The SMILES string of the molecule is CN(C(=O)OC(C)(C)C)C1CCN(c2ccc(NC(=O)C3=NN=C(c4cccnc4)C3)cc2)C1. The Balaban J connectivity index is 1.29. The first kappa shape index (κ1) is 23.4. The molecule has 2 amide bonds. The molecule has 3 heterocycles. The number of benzene rings is 1. The third kappa shape index (κ3) is 5.59. The van der Waals surface area contributed by atoms with Crippen molar-refractivity contribution in [2.45, 2.75) is 45.3 Å². The van der Waals surface area contributed by atoms with Crippen LogP contribution in [0.5, 0.6) is 0 Å². The number of pyridine rings is 1. The van der Waals surface area contributed by atoms with E-state index < -0.39 is 5.60 Å². The summed E-state index contributed by atoms with van der Waals surface area (Å²) in [5, 5.41) is 11.1. The van der Waals surface area contributed by atoms with Crippen LogP contribution in [0.2, 0.25) is 0 Å². The Labute approximate surface area is 199 Å². The normalized spacial score (nSPS) is 17.8. The summed E-state index contributed by atoms with van der Waals surface area (Å²) in [6.07, 6.45) is 4.34. The molecule has 9 heteroatoms. The quantitative estimate of drug-likeness (QED) is 0.730. The molecule has 2 aromatic rings. The number of amides is 2. The van der Waals surface area contributed by atoms with Crippen LogP contribution in [0.15, 0.2) is 59.0 Å². The van der Waals surface area contributed by atoms with E-state index in [1.165, 1.54) is 0 Å². The smallest absolute Gasteiger partial charge is 0.410 e. The van der Waals surface area contributed by atoms with Crippen molar-refractivity contribution in [3.63, 3.8) is 0 Å². The van der Waals surface area contributed by atoms with E-state index in [4.69, 9.17) is 4.74 Å². The highest BCUT2D eigenvalue weighted by atomic mass is 16.6. The summed E-state index contributed by atoms with van der Waals surface area (Å²) in [5.41, 5.74) is 3.18. The number of carbonyl (C=O) groups excluding carboxylic acids is 2. The molecular weight excluding hydrogens is 432 g/mol. The Morgan fingerprint density at radius 3 is 2.59 bits per heavy atom. The molecule has 0 bridgehead atoms. The first-order valence-corrected chi connectivity index (χ1v) is 11.4. The monoisotopic (exact) mass is 462 g/mol. The minimum Gasteiger partial charge on any atom is -0.444 e. The highest BCUT2D eigenvalue weighted by Gasteiger charge is 2.31. The lowest BCUT2D eigenvalue weighted by Crippen LogP contribution is -2.42. The molecule has 9 nitrogen and oxygen atoms in total. The Hall–Kier alpha value is -3.75. The van der Waals surface area contributed by atoms with Crippen LogP contribution in [0, 0.1) is 0 Å². The summed E-state index contributed by atoms with van der Waals surface area (Å²) in [4.78, 5) is 33.0. The van der Waals surface area contributed by atoms with Gasteiger partial charge in [-0.05, 0) is 63.6 Å². The Morgan fingerprint density at radius 1 is 1.15 bits per heavy atom. The van der Waals surface area contributed by atoms with Crippen molar-refractivity contribution in [3.05, 3.63) is 54.4 Å². The molecule has 34 heavy (non-hydrogen) atoms. The van der Waals surface area contributed by atoms with Gasteiger partial charge in [-0.3, -0.25) is 9.78 Å². The lowest BCUT2D eigenvalue weighted by atomic mass is 10.1. The summed E-state index contributed by atoms with van der Waals surface area (Å²) < 4.78 is 5.49. The van der Waals surface area contributed by atoms with Gasteiger partial charge in [0.05, 0.1) is 11.8 Å². The van der Waals surface area contributed by atoms with Crippen molar-refractivity contribution in [2.24, 2.45) is 10.2 Å². The second-order valence-electron chi connectivity index (χ2n) is 9.49. The number of hydrogen-bond acceptors (Lipinski definition) is 7. The summed E-state index contributed by atoms with van der Waals surface area (Å²) in [6, 6.07) is 11.5. The number of aromatic nitrogens is 1. The van der Waals surface area contributed by atoms with Gasteiger partial charge in [-0.2, -0.15) is 5.10 Å². The average Bonchev–Trinajstić information content (AvgIpc) is 3.49. The van der Waals surface area contributed by atoms with Crippen molar-refractivity contribution >= 4 is 34.8 Å². The summed E-state index contributed by atoms with van der Waals surface area (Å²) in [7, 11) is 1.79. The van der Waals surface area contributed by atoms with Crippen LogP contribution in [0.3, 0.4) is 0 Å². The van der Waals surface area contributed by atoms with Crippen LogP contribution in [0.25, 0.3) is 0 Å². The fourth-order valence-corrected chi connectivity index (χ4v) is 3.90. The number of nitrogens with one attached hydrogen (secondary N) is 1. The van der Waals surface area contributed by atoms with E-state index in [0.29, 0.717) is 17.8 Å². The van der Waals surface area contributed by atoms with Gasteiger partial charge in [0.15, 0.2) is 0 Å². The minimum absolute atomic E-state index is 0.0867. The molecule has 2 aliphatic heterocycles. The molecule has 0 saturated carbocycles. The first-order chi connectivity index (χ1) is 16.2. The molecule has 2 aliphatic rings. The van der Waals surface area contributed by atoms with Crippen LogP contribution in [0.1, 0.15) is 39.2 Å². The van der Waals surface area contributed by atoms with E-state index in [9.17, 15) is 9.59 Å². The van der Waals surface area contributed by atoms with Crippen molar-refractivity contribution in [2.75, 3.05) is 30.4 Å². The van der Waals surface area contributed by atoms with Gasteiger partial charge < -0.3 is 19.9 Å². The molecule has 1 aromatic heterocycles. The predicted molar refractivity (Wildman–Crippen MR) is 133 cm³/mol. The van der Waals surface area contributed by atoms with Crippen molar-refractivity contribution in [1.82, 2.24) is 9.88 Å². The van der Waals surface area contributed by atoms with Gasteiger partial charge in [-0.25, -0.2) is 4.79 Å². The first-order valence-electron chi connectivity index (χ1n) is 11.4. The van der Waals surface area contributed by atoms with Crippen molar-refractivity contribution in [1.29, 1.82) is 0 Å². The maximum absolute atomic E-state index is 12.6. The molecule has 1 unspecified atom stereocenters. The van der Waals surface area contributed by atoms with Crippen molar-refractivity contribution in [3.8, 4) is 0 Å². The van der Waals surface area contributed by atoms with Crippen LogP contribution < -0.4 is 10.2 Å². The van der Waals surface area contributed by atoms with Gasteiger partial charge in [0, 0.05) is 55.9 Å². The highest BCUT2D eigenvalue weighted by Crippen LogP contribution is 2.25. The number of nitrogens with zero attached hydrogens (tertiary/aromatic N) is 5. The average molecular weight is 463 g/mol. The fourth-order valence-electron chi connectivity index (χ4n) is 3.90. The number of carbonyl (C=O) groups is 2. The summed E-state index contributed by atoms with van der Waals surface area (Å²) in [5.74, 6) is -0.268. The molecular formula is C25H30N6O3. The molecule has 1 N–H and O–H groups in total. The number of rotatable bonds is 5. The zero-order valence-corrected chi connectivity index (χ0v) is 20.0. The Bertz CT molecular complexity index is 1110. The maximum atomic E-state index is 12.6. The third-order valence-electron chi connectivity index (χ3n) is 5.77. The Morgan fingerprint density at radius 2 is 1.91 bits per heavy atom.